The van der Waals surface area contributed by atoms with Crippen LogP contribution in [0.2, 0.25) is 0 Å². The molecular weight excluding hydrogens is 268 g/mol. The topological polar surface area (TPSA) is 36.1 Å². The number of aromatic amines is 1. The number of fused-ring (bicyclic) bond motifs is 1. The standard InChI is InChI=1S/C12H11BrN2O/c13-9-3-1-4-10-8(9)7-11(14-10)12(16)15-5-2-6-15/h1,3-4,7,14H,2,5-6H2. The van der Waals surface area contributed by atoms with Crippen molar-refractivity contribution in [2.24, 2.45) is 0 Å². The number of likely N-dealkylation sites (tertiary alicyclic amines) is 1. The summed E-state index contributed by atoms with van der Waals surface area (Å²) in [5.74, 6) is 0.106. The highest BCUT2D eigenvalue weighted by Gasteiger charge is 2.22. The molecule has 1 amide bonds. The van der Waals surface area contributed by atoms with Gasteiger partial charge in [0.25, 0.3) is 5.91 Å². The Balaban J connectivity index is 2.04. The van der Waals surface area contributed by atoms with E-state index in [0.717, 1.165) is 34.9 Å². The zero-order valence-electron chi connectivity index (χ0n) is 8.66. The second kappa shape index (κ2) is 3.63. The summed E-state index contributed by atoms with van der Waals surface area (Å²) in [6, 6.07) is 7.84. The van der Waals surface area contributed by atoms with E-state index in [1.807, 2.05) is 29.2 Å². The summed E-state index contributed by atoms with van der Waals surface area (Å²) in [7, 11) is 0. The Kier molecular flexibility index (Phi) is 2.24. The van der Waals surface area contributed by atoms with Gasteiger partial charge in [0, 0.05) is 28.5 Å². The van der Waals surface area contributed by atoms with Gasteiger partial charge in [-0.1, -0.05) is 22.0 Å². The van der Waals surface area contributed by atoms with Crippen LogP contribution >= 0.6 is 15.9 Å². The number of halogens is 1. The van der Waals surface area contributed by atoms with Gasteiger partial charge in [-0.2, -0.15) is 0 Å². The van der Waals surface area contributed by atoms with Crippen molar-refractivity contribution in [3.05, 3.63) is 34.4 Å². The fourth-order valence-electron chi connectivity index (χ4n) is 1.92. The number of rotatable bonds is 1. The normalized spacial score (nSPS) is 15.2. The molecule has 1 aliphatic rings. The third-order valence-electron chi connectivity index (χ3n) is 2.98. The van der Waals surface area contributed by atoms with Crippen LogP contribution in [0.15, 0.2) is 28.7 Å². The van der Waals surface area contributed by atoms with E-state index in [1.54, 1.807) is 0 Å². The molecule has 4 heteroatoms. The summed E-state index contributed by atoms with van der Waals surface area (Å²) in [5, 5.41) is 1.06. The highest BCUT2D eigenvalue weighted by Crippen LogP contribution is 2.25. The Labute approximate surface area is 102 Å². The van der Waals surface area contributed by atoms with E-state index >= 15 is 0 Å². The van der Waals surface area contributed by atoms with Crippen LogP contribution in [0.1, 0.15) is 16.9 Å². The van der Waals surface area contributed by atoms with E-state index in [4.69, 9.17) is 0 Å². The predicted molar refractivity (Wildman–Crippen MR) is 66.5 cm³/mol. The number of benzene rings is 1. The molecule has 3 rings (SSSR count). The van der Waals surface area contributed by atoms with E-state index in [2.05, 4.69) is 20.9 Å². The van der Waals surface area contributed by atoms with Crippen LogP contribution < -0.4 is 0 Å². The molecule has 1 saturated heterocycles. The first-order valence-corrected chi connectivity index (χ1v) is 6.11. The largest absolute Gasteiger partial charge is 0.350 e. The molecule has 1 N–H and O–H groups in total. The smallest absolute Gasteiger partial charge is 0.270 e. The summed E-state index contributed by atoms with van der Waals surface area (Å²) in [6.45, 7) is 1.77. The lowest BCUT2D eigenvalue weighted by molar-refractivity contribution is 0.0646. The predicted octanol–water partition coefficient (Wildman–Crippen LogP) is 2.78. The molecule has 1 aliphatic heterocycles. The van der Waals surface area contributed by atoms with Crippen molar-refractivity contribution in [3.63, 3.8) is 0 Å². The molecule has 0 unspecified atom stereocenters. The van der Waals surface area contributed by atoms with Crippen LogP contribution in [0.3, 0.4) is 0 Å². The van der Waals surface area contributed by atoms with E-state index < -0.39 is 0 Å². The number of hydrogen-bond acceptors (Lipinski definition) is 1. The van der Waals surface area contributed by atoms with Gasteiger partial charge in [0.05, 0.1) is 0 Å². The van der Waals surface area contributed by atoms with Crippen molar-refractivity contribution in [3.8, 4) is 0 Å². The third kappa shape index (κ3) is 1.45. The minimum Gasteiger partial charge on any atom is -0.350 e. The van der Waals surface area contributed by atoms with Gasteiger partial charge in [0.1, 0.15) is 5.69 Å². The lowest BCUT2D eigenvalue weighted by Gasteiger charge is -2.30. The second-order valence-corrected chi connectivity index (χ2v) is 4.88. The number of H-pyrrole nitrogens is 1. The van der Waals surface area contributed by atoms with Gasteiger partial charge in [-0.25, -0.2) is 0 Å². The van der Waals surface area contributed by atoms with Gasteiger partial charge in [-0.15, -0.1) is 0 Å². The van der Waals surface area contributed by atoms with Crippen molar-refractivity contribution in [1.82, 2.24) is 9.88 Å². The lowest BCUT2D eigenvalue weighted by atomic mass is 10.2. The number of carbonyl (C=O) groups excluding carboxylic acids is 1. The minimum atomic E-state index is 0.106. The molecular formula is C12H11BrN2O. The fourth-order valence-corrected chi connectivity index (χ4v) is 2.40. The van der Waals surface area contributed by atoms with Crippen molar-refractivity contribution in [1.29, 1.82) is 0 Å². The van der Waals surface area contributed by atoms with Gasteiger partial charge in [0.15, 0.2) is 0 Å². The molecule has 0 bridgehead atoms. The third-order valence-corrected chi connectivity index (χ3v) is 3.68. The summed E-state index contributed by atoms with van der Waals surface area (Å²) >= 11 is 3.48. The molecule has 1 aromatic heterocycles. The second-order valence-electron chi connectivity index (χ2n) is 4.03. The summed E-state index contributed by atoms with van der Waals surface area (Å²) in [6.07, 6.45) is 1.12. The zero-order valence-corrected chi connectivity index (χ0v) is 10.3. The van der Waals surface area contributed by atoms with Crippen molar-refractivity contribution in [2.45, 2.75) is 6.42 Å². The van der Waals surface area contributed by atoms with Crippen LogP contribution in [-0.4, -0.2) is 28.9 Å². The highest BCUT2D eigenvalue weighted by atomic mass is 79.9. The Morgan fingerprint density at radius 1 is 1.38 bits per heavy atom. The number of carbonyl (C=O) groups is 1. The van der Waals surface area contributed by atoms with Crippen LogP contribution in [-0.2, 0) is 0 Å². The SMILES string of the molecule is O=C(c1cc2c(Br)cccc2[nH]1)N1CCC1. The number of hydrogen-bond donors (Lipinski definition) is 1. The number of aromatic nitrogens is 1. The maximum absolute atomic E-state index is 12.0. The van der Waals surface area contributed by atoms with Crippen LogP contribution in [0.5, 0.6) is 0 Å². The molecule has 0 spiro atoms. The molecule has 0 aliphatic carbocycles. The monoisotopic (exact) mass is 278 g/mol. The molecule has 3 nitrogen and oxygen atoms in total. The molecule has 1 fully saturated rings. The zero-order chi connectivity index (χ0) is 11.1. The molecule has 2 aromatic rings. The van der Waals surface area contributed by atoms with Gasteiger partial charge in [-0.05, 0) is 24.6 Å². The van der Waals surface area contributed by atoms with Crippen LogP contribution in [0.25, 0.3) is 10.9 Å². The van der Waals surface area contributed by atoms with E-state index in [9.17, 15) is 4.79 Å². The molecule has 2 heterocycles. The summed E-state index contributed by atoms with van der Waals surface area (Å²) in [5.41, 5.74) is 1.68. The average molecular weight is 279 g/mol. The van der Waals surface area contributed by atoms with E-state index in [-0.39, 0.29) is 5.91 Å². The average Bonchev–Trinajstić information content (AvgIpc) is 2.60. The molecule has 0 saturated carbocycles. The van der Waals surface area contributed by atoms with Crippen molar-refractivity contribution in [2.75, 3.05) is 13.1 Å². The summed E-state index contributed by atoms with van der Waals surface area (Å²) < 4.78 is 1.02. The molecule has 0 atom stereocenters. The Morgan fingerprint density at radius 2 is 2.19 bits per heavy atom. The Bertz CT molecular complexity index is 557. The number of amides is 1. The first-order valence-electron chi connectivity index (χ1n) is 5.32. The maximum atomic E-state index is 12.0. The van der Waals surface area contributed by atoms with Crippen LogP contribution in [0, 0.1) is 0 Å². The van der Waals surface area contributed by atoms with Gasteiger partial charge in [-0.3, -0.25) is 4.79 Å². The first-order chi connectivity index (χ1) is 7.75. The molecule has 16 heavy (non-hydrogen) atoms. The number of nitrogens with zero attached hydrogens (tertiary/aromatic N) is 1. The highest BCUT2D eigenvalue weighted by molar-refractivity contribution is 9.10. The quantitative estimate of drug-likeness (QED) is 0.856. The van der Waals surface area contributed by atoms with Gasteiger partial charge in [0.2, 0.25) is 0 Å². The van der Waals surface area contributed by atoms with E-state index in [0.29, 0.717) is 5.69 Å². The minimum absolute atomic E-state index is 0.106. The van der Waals surface area contributed by atoms with Crippen molar-refractivity contribution < 1.29 is 4.79 Å². The van der Waals surface area contributed by atoms with Gasteiger partial charge < -0.3 is 9.88 Å². The van der Waals surface area contributed by atoms with Gasteiger partial charge >= 0.3 is 0 Å². The summed E-state index contributed by atoms with van der Waals surface area (Å²) in [4.78, 5) is 17.0. The lowest BCUT2D eigenvalue weighted by Crippen LogP contribution is -2.42. The Morgan fingerprint density at radius 3 is 2.81 bits per heavy atom. The Hall–Kier alpha value is -1.29. The maximum Gasteiger partial charge on any atom is 0.270 e. The molecule has 1 aromatic carbocycles. The van der Waals surface area contributed by atoms with Crippen molar-refractivity contribution >= 4 is 32.7 Å². The number of nitrogens with one attached hydrogen (secondary N) is 1. The fraction of sp³-hybridized carbons (Fsp3) is 0.250. The van der Waals surface area contributed by atoms with Crippen LogP contribution in [0.4, 0.5) is 0 Å². The van der Waals surface area contributed by atoms with E-state index in [1.165, 1.54) is 0 Å². The molecule has 0 radical (unpaired) electrons. The first kappa shape index (κ1) is 9.90. The molecule has 82 valence electrons.